The number of nitrogens with zero attached hydrogens (tertiary/aromatic N) is 1. The van der Waals surface area contributed by atoms with Gasteiger partial charge in [0.2, 0.25) is 0 Å². The second-order valence-corrected chi connectivity index (χ2v) is 12.5. The summed E-state index contributed by atoms with van der Waals surface area (Å²) in [6, 6.07) is 15.9. The Bertz CT molecular complexity index is 1790. The maximum Gasteiger partial charge on any atom is 0.416 e. The topological polar surface area (TPSA) is 60.3 Å². The normalized spacial score (nSPS) is 15.0. The van der Waals surface area contributed by atoms with Crippen LogP contribution < -0.4 is 15.6 Å². The number of methoxy groups -OCH3 is 1. The molecule has 2 unspecified atom stereocenters. The molecule has 1 aliphatic heterocycles. The van der Waals surface area contributed by atoms with Gasteiger partial charge in [0.05, 0.1) is 35.3 Å². The lowest BCUT2D eigenvalue weighted by Crippen LogP contribution is -2.36. The van der Waals surface area contributed by atoms with Gasteiger partial charge in [-0.05, 0) is 61.2 Å². The Kier molecular flexibility index (Phi) is 10.9. The minimum absolute atomic E-state index is 0.0155. The minimum Gasteiger partial charge on any atom is -0.494 e. The molecule has 47 heavy (non-hydrogen) atoms. The minimum atomic E-state index is -4.81. The number of hydrogen-bond acceptors (Lipinski definition) is 5. The van der Waals surface area contributed by atoms with Gasteiger partial charge in [-0.25, -0.2) is 8.78 Å². The lowest BCUT2D eigenvalue weighted by atomic mass is 9.91. The molecule has 0 fully saturated rings. The summed E-state index contributed by atoms with van der Waals surface area (Å²) in [6.45, 7) is 2.16. The summed E-state index contributed by atoms with van der Waals surface area (Å²) in [4.78, 5) is 25.3. The number of carbonyl (C=O) groups is 1. The van der Waals surface area contributed by atoms with Crippen molar-refractivity contribution in [3.8, 4) is 16.9 Å². The third kappa shape index (κ3) is 7.16. The van der Waals surface area contributed by atoms with E-state index < -0.39 is 47.0 Å². The zero-order valence-corrected chi connectivity index (χ0v) is 26.8. The van der Waals surface area contributed by atoms with Crippen LogP contribution in [0, 0.1) is 18.6 Å². The highest BCUT2D eigenvalue weighted by molar-refractivity contribution is 7.99. The van der Waals surface area contributed by atoms with Crippen LogP contribution in [-0.2, 0) is 17.4 Å². The van der Waals surface area contributed by atoms with Crippen LogP contribution in [-0.4, -0.2) is 30.3 Å². The van der Waals surface area contributed by atoms with Crippen molar-refractivity contribution < 1.29 is 31.5 Å². The van der Waals surface area contributed by atoms with E-state index in [1.807, 2.05) is 30.3 Å². The average molecular weight is 671 g/mol. The van der Waals surface area contributed by atoms with Crippen molar-refractivity contribution >= 4 is 18.0 Å². The van der Waals surface area contributed by atoms with Gasteiger partial charge in [0.15, 0.2) is 11.6 Å². The molecular weight excluding hydrogens is 635 g/mol. The number of aldehydes is 1. The molecule has 0 aliphatic carbocycles. The molecule has 11 heteroatoms. The Morgan fingerprint density at radius 2 is 1.74 bits per heavy atom. The number of nitrogens with one attached hydrogen (secondary N) is 1. The van der Waals surface area contributed by atoms with Crippen LogP contribution in [0.4, 0.5) is 22.0 Å². The van der Waals surface area contributed by atoms with Crippen molar-refractivity contribution in [2.24, 2.45) is 0 Å². The van der Waals surface area contributed by atoms with Crippen LogP contribution in [0.1, 0.15) is 65.6 Å². The van der Waals surface area contributed by atoms with Crippen LogP contribution in [0.5, 0.6) is 5.75 Å². The standard InChI is InChI=1S/C36H35F5N2O3S/c1-22-25(20-26-27(36(39,40)41)15-11-16-28(26)37)35-43(34(45)31(22)24-14-10-17-30(46-2)32(24)38)29(21-47-35)33(23-12-6-5-7-13-23)42-18-8-3-4-9-19-44/h5-7,10-17,19,29,33,42H,3-4,8-9,18,20-21H2,1-2H3. The summed E-state index contributed by atoms with van der Waals surface area (Å²) in [5.41, 5.74) is -0.714. The molecular formula is C36H35F5N2O3S. The third-order valence-corrected chi connectivity index (χ3v) is 9.82. The van der Waals surface area contributed by atoms with Gasteiger partial charge in [-0.15, -0.1) is 11.8 Å². The zero-order valence-electron chi connectivity index (χ0n) is 26.0. The quantitative estimate of drug-likeness (QED) is 0.0879. The van der Waals surface area contributed by atoms with E-state index in [1.165, 1.54) is 37.1 Å². The smallest absolute Gasteiger partial charge is 0.416 e. The van der Waals surface area contributed by atoms with Gasteiger partial charge in [-0.1, -0.05) is 55.0 Å². The van der Waals surface area contributed by atoms with Crippen molar-refractivity contribution in [3.63, 3.8) is 0 Å². The molecule has 5 rings (SSSR count). The summed E-state index contributed by atoms with van der Waals surface area (Å²) >= 11 is 1.32. The Balaban J connectivity index is 1.70. The highest BCUT2D eigenvalue weighted by atomic mass is 32.2. The van der Waals surface area contributed by atoms with E-state index >= 15 is 8.78 Å². The van der Waals surface area contributed by atoms with E-state index in [4.69, 9.17) is 4.74 Å². The lowest BCUT2D eigenvalue weighted by molar-refractivity contribution is -0.138. The summed E-state index contributed by atoms with van der Waals surface area (Å²) in [5, 5.41) is 4.00. The Hall–Kier alpha value is -3.96. The molecule has 0 saturated heterocycles. The van der Waals surface area contributed by atoms with Crippen molar-refractivity contribution in [2.45, 2.75) is 62.3 Å². The van der Waals surface area contributed by atoms with Crippen LogP contribution in [0.3, 0.4) is 0 Å². The molecule has 2 heterocycles. The molecule has 0 spiro atoms. The van der Waals surface area contributed by atoms with Gasteiger partial charge < -0.3 is 14.8 Å². The summed E-state index contributed by atoms with van der Waals surface area (Å²) < 4.78 is 80.1. The number of thioether (sulfide) groups is 1. The number of carbonyl (C=O) groups excluding carboxylic acids is 1. The number of aromatic nitrogens is 1. The van der Waals surface area contributed by atoms with E-state index in [9.17, 15) is 22.8 Å². The molecule has 0 bridgehead atoms. The first-order valence-electron chi connectivity index (χ1n) is 15.4. The Labute approximate surface area is 274 Å². The van der Waals surface area contributed by atoms with Crippen LogP contribution in [0.2, 0.25) is 0 Å². The number of pyridine rings is 1. The molecule has 4 aromatic rings. The fourth-order valence-corrected chi connectivity index (χ4v) is 7.69. The second kappa shape index (κ2) is 14.9. The van der Waals surface area contributed by atoms with Crippen molar-refractivity contribution in [2.75, 3.05) is 19.4 Å². The number of rotatable bonds is 13. The molecule has 1 aromatic heterocycles. The summed E-state index contributed by atoms with van der Waals surface area (Å²) in [7, 11) is 1.30. The molecule has 5 nitrogen and oxygen atoms in total. The molecule has 0 saturated carbocycles. The largest absolute Gasteiger partial charge is 0.494 e. The number of unbranched alkanes of at least 4 members (excludes halogenated alkanes) is 3. The van der Waals surface area contributed by atoms with Crippen molar-refractivity contribution in [1.82, 2.24) is 9.88 Å². The lowest BCUT2D eigenvalue weighted by Gasteiger charge is -2.28. The van der Waals surface area contributed by atoms with Crippen molar-refractivity contribution in [1.29, 1.82) is 0 Å². The number of alkyl halides is 3. The Morgan fingerprint density at radius 3 is 2.45 bits per heavy atom. The first-order chi connectivity index (χ1) is 22.6. The predicted octanol–water partition coefficient (Wildman–Crippen LogP) is 8.46. The van der Waals surface area contributed by atoms with Crippen molar-refractivity contribution in [3.05, 3.63) is 117 Å². The van der Waals surface area contributed by atoms with Crippen LogP contribution in [0.25, 0.3) is 11.1 Å². The first-order valence-corrected chi connectivity index (χ1v) is 16.4. The molecule has 0 amide bonds. The summed E-state index contributed by atoms with van der Waals surface area (Å²) in [6.07, 6.45) is -1.53. The van der Waals surface area contributed by atoms with Gasteiger partial charge in [-0.2, -0.15) is 13.2 Å². The van der Waals surface area contributed by atoms with Gasteiger partial charge in [0.25, 0.3) is 5.56 Å². The molecule has 3 aromatic carbocycles. The van der Waals surface area contributed by atoms with E-state index in [-0.39, 0.29) is 28.5 Å². The first kappa shape index (κ1) is 34.4. The molecule has 1 N–H and O–H groups in total. The van der Waals surface area contributed by atoms with Crippen LogP contribution >= 0.6 is 11.8 Å². The summed E-state index contributed by atoms with van der Waals surface area (Å²) in [5.74, 6) is -1.49. The predicted molar refractivity (Wildman–Crippen MR) is 173 cm³/mol. The molecule has 1 aliphatic rings. The molecule has 248 valence electrons. The average Bonchev–Trinajstić information content (AvgIpc) is 3.49. The van der Waals surface area contributed by atoms with E-state index in [0.29, 0.717) is 29.3 Å². The van der Waals surface area contributed by atoms with Gasteiger partial charge >= 0.3 is 6.18 Å². The highest BCUT2D eigenvalue weighted by Gasteiger charge is 2.38. The van der Waals surface area contributed by atoms with Gasteiger partial charge in [0.1, 0.15) is 12.1 Å². The number of hydrogen-bond donors (Lipinski definition) is 1. The number of benzene rings is 3. The zero-order chi connectivity index (χ0) is 33.7. The van der Waals surface area contributed by atoms with Gasteiger partial charge in [0, 0.05) is 29.7 Å². The third-order valence-electron chi connectivity index (χ3n) is 8.60. The Morgan fingerprint density at radius 1 is 1.00 bits per heavy atom. The fourth-order valence-electron chi connectivity index (χ4n) is 6.26. The molecule has 0 radical (unpaired) electrons. The molecule has 2 atom stereocenters. The number of halogens is 5. The maximum absolute atomic E-state index is 15.8. The highest BCUT2D eigenvalue weighted by Crippen LogP contribution is 2.45. The fraction of sp³-hybridized carbons (Fsp3) is 0.333. The van der Waals surface area contributed by atoms with E-state index in [2.05, 4.69) is 5.32 Å². The maximum atomic E-state index is 15.8. The SMILES string of the molecule is COc1cccc(-c2c(C)c(Cc3c(F)cccc3C(F)(F)F)c3n(c2=O)C(C(NCCCCCC=O)c2ccccc2)CS3)c1F. The second-order valence-electron chi connectivity index (χ2n) is 11.5. The van der Waals surface area contributed by atoms with E-state index in [0.717, 1.165) is 49.3 Å². The van der Waals surface area contributed by atoms with Crippen LogP contribution in [0.15, 0.2) is 76.6 Å². The van der Waals surface area contributed by atoms with Gasteiger partial charge in [-0.3, -0.25) is 9.36 Å². The van der Waals surface area contributed by atoms with E-state index in [1.54, 1.807) is 11.5 Å². The number of fused-ring (bicyclic) bond motifs is 1. The monoisotopic (exact) mass is 670 g/mol. The number of ether oxygens (including phenoxy) is 1.